The van der Waals surface area contributed by atoms with Gasteiger partial charge in [0, 0.05) is 0 Å². The minimum absolute atomic E-state index is 0.183. The van der Waals surface area contributed by atoms with Crippen molar-refractivity contribution in [1.29, 1.82) is 0 Å². The van der Waals surface area contributed by atoms with E-state index >= 15 is 0 Å². The molecule has 2 saturated heterocycles. The fourth-order valence-electron chi connectivity index (χ4n) is 3.03. The van der Waals surface area contributed by atoms with E-state index in [2.05, 4.69) is 29.2 Å². The number of aliphatic hydroxyl groups is 1. The van der Waals surface area contributed by atoms with Gasteiger partial charge in [-0.15, -0.1) is 0 Å². The van der Waals surface area contributed by atoms with Crippen molar-refractivity contribution in [2.24, 2.45) is 0 Å². The maximum atomic E-state index is 9.91. The van der Waals surface area contributed by atoms with Gasteiger partial charge in [0.2, 0.25) is 0 Å². The van der Waals surface area contributed by atoms with E-state index in [1.165, 1.54) is 18.4 Å². The maximum Gasteiger partial charge on any atom is 0.170 e. The van der Waals surface area contributed by atoms with E-state index in [9.17, 15) is 5.11 Å². The molecule has 0 amide bonds. The van der Waals surface area contributed by atoms with Crippen molar-refractivity contribution in [3.05, 3.63) is 35.9 Å². The highest BCUT2D eigenvalue weighted by atomic mass is 16.6. The van der Waals surface area contributed by atoms with Gasteiger partial charge in [-0.05, 0) is 24.9 Å². The first-order chi connectivity index (χ1) is 8.36. The van der Waals surface area contributed by atoms with Crippen LogP contribution in [-0.2, 0) is 4.74 Å². The van der Waals surface area contributed by atoms with Crippen LogP contribution in [0, 0.1) is 0 Å². The number of hydrogen-bond acceptors (Lipinski definition) is 3. The van der Waals surface area contributed by atoms with Gasteiger partial charge >= 0.3 is 0 Å². The number of rotatable bonds is 1. The summed E-state index contributed by atoms with van der Waals surface area (Å²) in [4.78, 5) is 2.42. The zero-order valence-corrected chi connectivity index (χ0v) is 9.96. The van der Waals surface area contributed by atoms with Crippen LogP contribution in [-0.4, -0.2) is 35.5 Å². The molecule has 2 aliphatic heterocycles. The number of benzene rings is 1. The third-order valence-electron chi connectivity index (χ3n) is 3.93. The van der Waals surface area contributed by atoms with Crippen LogP contribution in [0.1, 0.15) is 30.9 Å². The van der Waals surface area contributed by atoms with Gasteiger partial charge < -0.3 is 9.84 Å². The summed E-state index contributed by atoms with van der Waals surface area (Å²) in [7, 11) is 0. The summed E-state index contributed by atoms with van der Waals surface area (Å²) in [5.74, 6) is 0. The van der Waals surface area contributed by atoms with Crippen LogP contribution in [0.4, 0.5) is 0 Å². The van der Waals surface area contributed by atoms with Crippen LogP contribution in [0.5, 0.6) is 0 Å². The molecule has 3 heteroatoms. The van der Waals surface area contributed by atoms with Crippen molar-refractivity contribution in [2.75, 3.05) is 13.2 Å². The molecule has 3 rings (SSSR count). The highest BCUT2D eigenvalue weighted by molar-refractivity contribution is 5.20. The topological polar surface area (TPSA) is 32.7 Å². The maximum absolute atomic E-state index is 9.91. The minimum atomic E-state index is -0.602. The van der Waals surface area contributed by atoms with Gasteiger partial charge in [0.05, 0.1) is 18.7 Å². The van der Waals surface area contributed by atoms with Crippen LogP contribution in [0.25, 0.3) is 0 Å². The van der Waals surface area contributed by atoms with Crippen LogP contribution in [0.2, 0.25) is 0 Å². The van der Waals surface area contributed by atoms with Crippen molar-refractivity contribution in [3.63, 3.8) is 0 Å². The quantitative estimate of drug-likeness (QED) is 0.804. The number of nitrogens with zero attached hydrogens (tertiary/aromatic N) is 1. The summed E-state index contributed by atoms with van der Waals surface area (Å²) in [5.41, 5.74) is 1.30. The molecule has 0 aliphatic carbocycles. The predicted molar refractivity (Wildman–Crippen MR) is 65.5 cm³/mol. The Labute approximate surface area is 102 Å². The van der Waals surface area contributed by atoms with Gasteiger partial charge in [-0.3, -0.25) is 4.90 Å². The third-order valence-corrected chi connectivity index (χ3v) is 3.93. The highest BCUT2D eigenvalue weighted by Crippen LogP contribution is 2.34. The molecular weight excluding hydrogens is 214 g/mol. The molecule has 1 N–H and O–H groups in total. The first-order valence-corrected chi connectivity index (χ1v) is 6.46. The summed E-state index contributed by atoms with van der Waals surface area (Å²) in [6.45, 7) is 1.67. The van der Waals surface area contributed by atoms with E-state index in [1.807, 2.05) is 6.07 Å². The Kier molecular flexibility index (Phi) is 3.14. The van der Waals surface area contributed by atoms with E-state index in [1.54, 1.807) is 0 Å². The average molecular weight is 233 g/mol. The van der Waals surface area contributed by atoms with E-state index in [4.69, 9.17) is 4.74 Å². The molecule has 1 aromatic rings. The fraction of sp³-hybridized carbons (Fsp3) is 0.571. The second kappa shape index (κ2) is 4.77. The molecule has 0 aromatic heterocycles. The van der Waals surface area contributed by atoms with Gasteiger partial charge in [-0.2, -0.15) is 0 Å². The molecule has 2 aliphatic rings. The normalized spacial score (nSPS) is 34.3. The van der Waals surface area contributed by atoms with Gasteiger partial charge in [-0.1, -0.05) is 36.8 Å². The fourth-order valence-corrected chi connectivity index (χ4v) is 3.03. The summed E-state index contributed by atoms with van der Waals surface area (Å²) in [6.07, 6.45) is 2.87. The smallest absolute Gasteiger partial charge is 0.170 e. The molecule has 17 heavy (non-hydrogen) atoms. The molecule has 1 aromatic carbocycles. The minimum Gasteiger partial charge on any atom is -0.367 e. The Morgan fingerprint density at radius 1 is 1.18 bits per heavy atom. The van der Waals surface area contributed by atoms with Gasteiger partial charge in [0.25, 0.3) is 0 Å². The number of fused-ring (bicyclic) bond motifs is 1. The predicted octanol–water partition coefficient (Wildman–Crippen LogP) is 1.93. The first kappa shape index (κ1) is 11.2. The number of ether oxygens (including phenoxy) is 1. The summed E-state index contributed by atoms with van der Waals surface area (Å²) in [5, 5.41) is 9.91. The second-order valence-corrected chi connectivity index (χ2v) is 4.95. The summed E-state index contributed by atoms with van der Waals surface area (Å²) >= 11 is 0. The van der Waals surface area contributed by atoms with Crippen molar-refractivity contribution >= 4 is 0 Å². The van der Waals surface area contributed by atoms with Crippen molar-refractivity contribution in [1.82, 2.24) is 4.90 Å². The summed E-state index contributed by atoms with van der Waals surface area (Å²) < 4.78 is 5.53. The molecule has 3 nitrogen and oxygen atoms in total. The van der Waals surface area contributed by atoms with Crippen molar-refractivity contribution in [3.8, 4) is 0 Å². The number of hydrogen-bond donors (Lipinski definition) is 1. The van der Waals surface area contributed by atoms with Crippen LogP contribution >= 0.6 is 0 Å². The molecule has 3 atom stereocenters. The third kappa shape index (κ3) is 2.10. The van der Waals surface area contributed by atoms with Gasteiger partial charge in [0.1, 0.15) is 0 Å². The molecule has 0 radical (unpaired) electrons. The van der Waals surface area contributed by atoms with Crippen LogP contribution in [0.15, 0.2) is 30.3 Å². The Balaban J connectivity index is 1.85. The Bertz CT molecular complexity index is 368. The highest BCUT2D eigenvalue weighted by Gasteiger charge is 2.38. The van der Waals surface area contributed by atoms with Crippen molar-refractivity contribution < 1.29 is 9.84 Å². The largest absolute Gasteiger partial charge is 0.367 e. The number of aliphatic hydroxyl groups excluding tert-OH is 1. The summed E-state index contributed by atoms with van der Waals surface area (Å²) in [6, 6.07) is 11.0. The molecule has 0 spiro atoms. The SMILES string of the molecule is OC1OC[C@H](c2ccccc2)N2CCCC[C@@H]12. The molecule has 0 saturated carbocycles. The van der Waals surface area contributed by atoms with Gasteiger partial charge in [0.15, 0.2) is 6.29 Å². The first-order valence-electron chi connectivity index (χ1n) is 6.46. The van der Waals surface area contributed by atoms with Crippen LogP contribution in [0.3, 0.4) is 0 Å². The lowest BCUT2D eigenvalue weighted by atomic mass is 9.94. The second-order valence-electron chi connectivity index (χ2n) is 4.95. The molecule has 2 heterocycles. The van der Waals surface area contributed by atoms with E-state index in [0.717, 1.165) is 13.0 Å². The molecular formula is C14H19NO2. The van der Waals surface area contributed by atoms with E-state index < -0.39 is 6.29 Å². The molecule has 0 bridgehead atoms. The van der Waals surface area contributed by atoms with Gasteiger partial charge in [-0.25, -0.2) is 0 Å². The zero-order chi connectivity index (χ0) is 11.7. The van der Waals surface area contributed by atoms with Crippen LogP contribution < -0.4 is 0 Å². The number of piperidine rings is 1. The monoisotopic (exact) mass is 233 g/mol. The average Bonchev–Trinajstić information content (AvgIpc) is 2.41. The zero-order valence-electron chi connectivity index (χ0n) is 9.96. The Hall–Kier alpha value is -0.900. The lowest BCUT2D eigenvalue weighted by Crippen LogP contribution is -2.54. The standard InChI is InChI=1S/C14H19NO2/c16-14-12-8-4-5-9-15(12)13(10-17-14)11-6-2-1-3-7-11/h1-3,6-7,12-14,16H,4-5,8-10H2/t12-,13+,14?/m0/s1. The Morgan fingerprint density at radius 2 is 2.00 bits per heavy atom. The Morgan fingerprint density at radius 3 is 2.82 bits per heavy atom. The lowest BCUT2D eigenvalue weighted by molar-refractivity contribution is -0.207. The van der Waals surface area contributed by atoms with Crippen molar-refractivity contribution in [2.45, 2.75) is 37.6 Å². The molecule has 1 unspecified atom stereocenters. The molecule has 2 fully saturated rings. The number of morpholine rings is 1. The molecule has 92 valence electrons. The van der Waals surface area contributed by atoms with E-state index in [0.29, 0.717) is 12.6 Å². The lowest BCUT2D eigenvalue weighted by Gasteiger charge is -2.47. The van der Waals surface area contributed by atoms with E-state index in [-0.39, 0.29) is 6.04 Å².